The van der Waals surface area contributed by atoms with Crippen LogP contribution in [0.2, 0.25) is 0 Å². The molecule has 1 amide bonds. The van der Waals surface area contributed by atoms with Gasteiger partial charge in [-0.2, -0.15) is 0 Å². The normalized spacial score (nSPS) is 15.3. The highest BCUT2D eigenvalue weighted by Gasteiger charge is 2.24. The van der Waals surface area contributed by atoms with Gasteiger partial charge in [-0.15, -0.1) is 0 Å². The number of carbonyl (C=O) groups is 1. The Balaban J connectivity index is 1.96. The summed E-state index contributed by atoms with van der Waals surface area (Å²) in [6.45, 7) is 1.75. The van der Waals surface area contributed by atoms with Crippen LogP contribution in [0.3, 0.4) is 0 Å². The van der Waals surface area contributed by atoms with Crippen LogP contribution in [0.15, 0.2) is 0 Å². The Morgan fingerprint density at radius 3 is 2.53 bits per heavy atom. The summed E-state index contributed by atoms with van der Waals surface area (Å²) in [5.74, 6) is 1.12. The van der Waals surface area contributed by atoms with Crippen molar-refractivity contribution in [3.8, 4) is 0 Å². The summed E-state index contributed by atoms with van der Waals surface area (Å²) in [7, 11) is 1.93. The molecule has 1 saturated carbocycles. The van der Waals surface area contributed by atoms with Crippen LogP contribution in [0.1, 0.15) is 44.9 Å². The predicted molar refractivity (Wildman–Crippen MR) is 62.5 cm³/mol. The molecule has 0 aromatic carbocycles. The van der Waals surface area contributed by atoms with Gasteiger partial charge in [0, 0.05) is 20.0 Å². The molecule has 1 rings (SSSR count). The van der Waals surface area contributed by atoms with E-state index in [9.17, 15) is 4.79 Å². The number of carbonyl (C=O) groups excluding carboxylic acids is 1. The van der Waals surface area contributed by atoms with Crippen molar-refractivity contribution in [2.45, 2.75) is 44.9 Å². The van der Waals surface area contributed by atoms with Crippen LogP contribution in [0.25, 0.3) is 0 Å². The summed E-state index contributed by atoms with van der Waals surface area (Å²) >= 11 is 0. The fourth-order valence-electron chi connectivity index (χ4n) is 1.75. The molecule has 2 N–H and O–H groups in total. The van der Waals surface area contributed by atoms with Gasteiger partial charge in [0.2, 0.25) is 5.91 Å². The van der Waals surface area contributed by atoms with Gasteiger partial charge < -0.3 is 10.6 Å². The van der Waals surface area contributed by atoms with Crippen molar-refractivity contribution in [3.05, 3.63) is 0 Å². The molecule has 1 aliphatic carbocycles. The Morgan fingerprint density at radius 1 is 1.27 bits per heavy atom. The lowest BCUT2D eigenvalue weighted by molar-refractivity contribution is -0.130. The van der Waals surface area contributed by atoms with Crippen LogP contribution >= 0.6 is 0 Å². The van der Waals surface area contributed by atoms with Crippen LogP contribution in [-0.2, 0) is 4.79 Å². The first kappa shape index (κ1) is 12.5. The molecule has 0 spiro atoms. The minimum atomic E-state index is 0.314. The highest BCUT2D eigenvalue weighted by Crippen LogP contribution is 2.29. The zero-order valence-electron chi connectivity index (χ0n) is 9.87. The Bertz CT molecular complexity index is 190. The summed E-state index contributed by atoms with van der Waals surface area (Å²) in [6, 6.07) is 0. The SMILES string of the molecule is CN(CC1CC1)C(=O)CCCCCCN. The molecule has 88 valence electrons. The summed E-state index contributed by atoms with van der Waals surface area (Å²) in [6.07, 6.45) is 7.76. The molecule has 0 atom stereocenters. The molecule has 1 fully saturated rings. The van der Waals surface area contributed by atoms with E-state index in [4.69, 9.17) is 5.73 Å². The molecular weight excluding hydrogens is 188 g/mol. The first-order valence-corrected chi connectivity index (χ1v) is 6.18. The number of nitrogens with two attached hydrogens (primary N) is 1. The van der Waals surface area contributed by atoms with E-state index >= 15 is 0 Å². The van der Waals surface area contributed by atoms with Crippen LogP contribution < -0.4 is 5.73 Å². The van der Waals surface area contributed by atoms with Crippen molar-refractivity contribution in [2.75, 3.05) is 20.1 Å². The second kappa shape index (κ2) is 6.83. The lowest BCUT2D eigenvalue weighted by atomic mass is 10.1. The second-order valence-corrected chi connectivity index (χ2v) is 4.67. The third-order valence-corrected chi connectivity index (χ3v) is 3.00. The number of unbranched alkanes of at least 4 members (excludes halogenated alkanes) is 3. The summed E-state index contributed by atoms with van der Waals surface area (Å²) in [5.41, 5.74) is 5.41. The number of nitrogens with zero attached hydrogens (tertiary/aromatic N) is 1. The minimum Gasteiger partial charge on any atom is -0.345 e. The molecule has 15 heavy (non-hydrogen) atoms. The van der Waals surface area contributed by atoms with Gasteiger partial charge in [0.05, 0.1) is 0 Å². The number of rotatable bonds is 8. The zero-order chi connectivity index (χ0) is 11.1. The van der Waals surface area contributed by atoms with Crippen molar-refractivity contribution >= 4 is 5.91 Å². The third-order valence-electron chi connectivity index (χ3n) is 3.00. The average molecular weight is 212 g/mol. The summed E-state index contributed by atoms with van der Waals surface area (Å²) in [4.78, 5) is 13.5. The quantitative estimate of drug-likeness (QED) is 0.623. The predicted octanol–water partition coefficient (Wildman–Crippen LogP) is 1.76. The topological polar surface area (TPSA) is 46.3 Å². The van der Waals surface area contributed by atoms with Gasteiger partial charge >= 0.3 is 0 Å². The third kappa shape index (κ3) is 5.78. The van der Waals surface area contributed by atoms with Crippen LogP contribution in [-0.4, -0.2) is 30.9 Å². The van der Waals surface area contributed by atoms with Crippen molar-refractivity contribution in [1.82, 2.24) is 4.90 Å². The van der Waals surface area contributed by atoms with Gasteiger partial charge in [0.1, 0.15) is 0 Å². The zero-order valence-corrected chi connectivity index (χ0v) is 9.87. The molecule has 0 saturated heterocycles. The summed E-state index contributed by atoms with van der Waals surface area (Å²) < 4.78 is 0. The Hall–Kier alpha value is -0.570. The average Bonchev–Trinajstić information content (AvgIpc) is 3.01. The fourth-order valence-corrected chi connectivity index (χ4v) is 1.75. The monoisotopic (exact) mass is 212 g/mol. The minimum absolute atomic E-state index is 0.314. The van der Waals surface area contributed by atoms with Crippen LogP contribution in [0.5, 0.6) is 0 Å². The first-order chi connectivity index (χ1) is 7.24. The van der Waals surface area contributed by atoms with E-state index in [-0.39, 0.29) is 0 Å². The fraction of sp³-hybridized carbons (Fsp3) is 0.917. The largest absolute Gasteiger partial charge is 0.345 e. The van der Waals surface area contributed by atoms with Gasteiger partial charge in [-0.3, -0.25) is 4.79 Å². The smallest absolute Gasteiger partial charge is 0.222 e. The highest BCUT2D eigenvalue weighted by atomic mass is 16.2. The van der Waals surface area contributed by atoms with Gasteiger partial charge in [-0.25, -0.2) is 0 Å². The number of amides is 1. The van der Waals surface area contributed by atoms with E-state index in [0.29, 0.717) is 12.3 Å². The number of hydrogen-bond donors (Lipinski definition) is 1. The Kier molecular flexibility index (Phi) is 5.69. The Labute approximate surface area is 93.0 Å². The van der Waals surface area contributed by atoms with Crippen LogP contribution in [0, 0.1) is 5.92 Å². The molecule has 1 aliphatic rings. The molecule has 0 aliphatic heterocycles. The highest BCUT2D eigenvalue weighted by molar-refractivity contribution is 5.75. The summed E-state index contributed by atoms with van der Waals surface area (Å²) in [5, 5.41) is 0. The van der Waals surface area contributed by atoms with Gasteiger partial charge in [0.15, 0.2) is 0 Å². The van der Waals surface area contributed by atoms with Gasteiger partial charge in [0.25, 0.3) is 0 Å². The van der Waals surface area contributed by atoms with E-state index in [1.807, 2.05) is 11.9 Å². The molecule has 3 nitrogen and oxygen atoms in total. The number of hydrogen-bond acceptors (Lipinski definition) is 2. The van der Waals surface area contributed by atoms with Crippen molar-refractivity contribution in [1.29, 1.82) is 0 Å². The standard InChI is InChI=1S/C12H24N2O/c1-14(10-11-7-8-11)12(15)6-4-2-3-5-9-13/h11H,2-10,13H2,1H3. The molecule has 0 aromatic rings. The molecule has 0 heterocycles. The van der Waals surface area contributed by atoms with Crippen molar-refractivity contribution in [2.24, 2.45) is 11.7 Å². The maximum atomic E-state index is 11.6. The lowest BCUT2D eigenvalue weighted by Gasteiger charge is -2.16. The van der Waals surface area contributed by atoms with Crippen molar-refractivity contribution < 1.29 is 4.79 Å². The molecule has 0 unspecified atom stereocenters. The Morgan fingerprint density at radius 2 is 1.93 bits per heavy atom. The van der Waals surface area contributed by atoms with E-state index in [1.54, 1.807) is 0 Å². The molecular formula is C12H24N2O. The van der Waals surface area contributed by atoms with E-state index < -0.39 is 0 Å². The second-order valence-electron chi connectivity index (χ2n) is 4.67. The lowest BCUT2D eigenvalue weighted by Crippen LogP contribution is -2.28. The molecule has 0 radical (unpaired) electrons. The maximum Gasteiger partial charge on any atom is 0.222 e. The molecule has 0 bridgehead atoms. The van der Waals surface area contributed by atoms with E-state index in [2.05, 4.69) is 0 Å². The molecule has 3 heteroatoms. The van der Waals surface area contributed by atoms with E-state index in [1.165, 1.54) is 12.8 Å². The van der Waals surface area contributed by atoms with Crippen molar-refractivity contribution in [3.63, 3.8) is 0 Å². The van der Waals surface area contributed by atoms with Gasteiger partial charge in [-0.1, -0.05) is 12.8 Å². The first-order valence-electron chi connectivity index (χ1n) is 6.18. The van der Waals surface area contributed by atoms with E-state index in [0.717, 1.165) is 44.7 Å². The molecule has 0 aromatic heterocycles. The van der Waals surface area contributed by atoms with Crippen LogP contribution in [0.4, 0.5) is 0 Å². The maximum absolute atomic E-state index is 11.6. The van der Waals surface area contributed by atoms with Gasteiger partial charge in [-0.05, 0) is 38.1 Å².